The second-order valence-electron chi connectivity index (χ2n) is 3.98. The lowest BCUT2D eigenvalue weighted by molar-refractivity contribution is 0.270. The molecule has 3 nitrogen and oxygen atoms in total. The van der Waals surface area contributed by atoms with Crippen molar-refractivity contribution in [1.29, 1.82) is 0 Å². The second kappa shape index (κ2) is 6.34. The Labute approximate surface area is 117 Å². The molecule has 0 unspecified atom stereocenters. The van der Waals surface area contributed by atoms with Gasteiger partial charge in [-0.3, -0.25) is 0 Å². The average Bonchev–Trinajstić information content (AvgIpc) is 2.40. The van der Waals surface area contributed by atoms with Gasteiger partial charge in [0.25, 0.3) is 0 Å². The molecule has 0 aliphatic rings. The fraction of sp³-hybridized carbons (Fsp3) is 0.200. The number of hydrogen-bond donors (Lipinski definition) is 1. The smallest absolute Gasteiger partial charge is 0.161 e. The number of benzene rings is 2. The van der Waals surface area contributed by atoms with Crippen molar-refractivity contribution < 1.29 is 9.47 Å². The molecule has 0 atom stereocenters. The minimum atomic E-state index is 0.315. The summed E-state index contributed by atoms with van der Waals surface area (Å²) in [5.74, 6) is 1.40. The van der Waals surface area contributed by atoms with Crippen LogP contribution in [0, 0.1) is 0 Å². The molecule has 0 aliphatic heterocycles. The second-order valence-corrected chi connectivity index (χ2v) is 4.38. The van der Waals surface area contributed by atoms with Gasteiger partial charge in [0.2, 0.25) is 0 Å². The number of para-hydroxylation sites is 2. The van der Waals surface area contributed by atoms with Crippen molar-refractivity contribution in [2.75, 3.05) is 12.3 Å². The van der Waals surface area contributed by atoms with Gasteiger partial charge in [-0.2, -0.15) is 0 Å². The topological polar surface area (TPSA) is 44.5 Å². The van der Waals surface area contributed by atoms with Crippen LogP contribution >= 0.6 is 11.6 Å². The van der Waals surface area contributed by atoms with Crippen molar-refractivity contribution in [2.45, 2.75) is 13.5 Å². The Morgan fingerprint density at radius 1 is 1.00 bits per heavy atom. The zero-order chi connectivity index (χ0) is 13.7. The van der Waals surface area contributed by atoms with E-state index in [9.17, 15) is 0 Å². The molecular weight excluding hydrogens is 262 g/mol. The lowest BCUT2D eigenvalue weighted by atomic mass is 10.2. The predicted octanol–water partition coefficient (Wildman–Crippen LogP) is 3.90. The summed E-state index contributed by atoms with van der Waals surface area (Å²) in [7, 11) is 0. The van der Waals surface area contributed by atoms with Gasteiger partial charge in [-0.25, -0.2) is 0 Å². The summed E-state index contributed by atoms with van der Waals surface area (Å²) < 4.78 is 11.2. The highest BCUT2D eigenvalue weighted by atomic mass is 35.5. The molecule has 2 aromatic rings. The van der Waals surface area contributed by atoms with E-state index in [1.54, 1.807) is 12.1 Å². The molecule has 2 aromatic carbocycles. The first-order valence-electron chi connectivity index (χ1n) is 6.10. The van der Waals surface area contributed by atoms with Gasteiger partial charge in [0.05, 0.1) is 6.61 Å². The van der Waals surface area contributed by atoms with Crippen molar-refractivity contribution in [3.8, 4) is 11.5 Å². The third kappa shape index (κ3) is 3.32. The monoisotopic (exact) mass is 277 g/mol. The van der Waals surface area contributed by atoms with E-state index in [2.05, 4.69) is 0 Å². The molecule has 2 rings (SSSR count). The molecule has 0 amide bonds. The molecule has 100 valence electrons. The van der Waals surface area contributed by atoms with Crippen LogP contribution in [-0.2, 0) is 6.61 Å². The van der Waals surface area contributed by atoms with E-state index < -0.39 is 0 Å². The van der Waals surface area contributed by atoms with Crippen molar-refractivity contribution >= 4 is 17.3 Å². The highest BCUT2D eigenvalue weighted by Crippen LogP contribution is 2.29. The Kier molecular flexibility index (Phi) is 4.53. The number of nitrogen functional groups attached to an aromatic ring is 1. The zero-order valence-electron chi connectivity index (χ0n) is 10.7. The maximum absolute atomic E-state index is 6.11. The fourth-order valence-electron chi connectivity index (χ4n) is 1.72. The Balaban J connectivity index is 2.15. The Morgan fingerprint density at radius 3 is 2.32 bits per heavy atom. The fourth-order valence-corrected chi connectivity index (χ4v) is 1.96. The largest absolute Gasteiger partial charge is 0.490 e. The Hall–Kier alpha value is -1.87. The molecule has 0 fully saturated rings. The molecular formula is C15H16ClNO2. The lowest BCUT2D eigenvalue weighted by Gasteiger charge is -2.13. The van der Waals surface area contributed by atoms with E-state index in [0.29, 0.717) is 29.7 Å². The first-order chi connectivity index (χ1) is 9.22. The summed E-state index contributed by atoms with van der Waals surface area (Å²) >= 11 is 6.11. The van der Waals surface area contributed by atoms with Crippen molar-refractivity contribution in [3.63, 3.8) is 0 Å². The van der Waals surface area contributed by atoms with E-state index >= 15 is 0 Å². The number of hydrogen-bond acceptors (Lipinski definition) is 3. The lowest BCUT2D eigenvalue weighted by Crippen LogP contribution is -2.02. The van der Waals surface area contributed by atoms with Crippen LogP contribution in [-0.4, -0.2) is 6.61 Å². The van der Waals surface area contributed by atoms with Gasteiger partial charge < -0.3 is 15.2 Å². The SMILES string of the molecule is CCOc1ccccc1OCc1c(N)cccc1Cl. The van der Waals surface area contributed by atoms with Crippen LogP contribution in [0.25, 0.3) is 0 Å². The molecule has 0 saturated heterocycles. The maximum atomic E-state index is 6.11. The minimum Gasteiger partial charge on any atom is -0.490 e. The Bertz CT molecular complexity index is 537. The summed E-state index contributed by atoms with van der Waals surface area (Å²) in [5, 5.41) is 0.605. The van der Waals surface area contributed by atoms with Crippen molar-refractivity contribution in [1.82, 2.24) is 0 Å². The van der Waals surface area contributed by atoms with Crippen LogP contribution in [0.1, 0.15) is 12.5 Å². The van der Waals surface area contributed by atoms with Crippen LogP contribution in [0.3, 0.4) is 0 Å². The summed E-state index contributed by atoms with van der Waals surface area (Å²) in [6, 6.07) is 12.9. The van der Waals surface area contributed by atoms with Crippen LogP contribution in [0.2, 0.25) is 5.02 Å². The van der Waals surface area contributed by atoms with Crippen LogP contribution < -0.4 is 15.2 Å². The van der Waals surface area contributed by atoms with E-state index in [1.807, 2.05) is 37.3 Å². The molecule has 0 aromatic heterocycles. The molecule has 0 bridgehead atoms. The van der Waals surface area contributed by atoms with Gasteiger partial charge in [-0.05, 0) is 31.2 Å². The van der Waals surface area contributed by atoms with Crippen molar-refractivity contribution in [3.05, 3.63) is 53.1 Å². The van der Waals surface area contributed by atoms with Crippen LogP contribution in [0.4, 0.5) is 5.69 Å². The number of rotatable bonds is 5. The molecule has 0 radical (unpaired) electrons. The van der Waals surface area contributed by atoms with Crippen LogP contribution in [0.15, 0.2) is 42.5 Å². The maximum Gasteiger partial charge on any atom is 0.161 e. The molecule has 0 saturated carbocycles. The minimum absolute atomic E-state index is 0.315. The molecule has 4 heteroatoms. The van der Waals surface area contributed by atoms with E-state index in [4.69, 9.17) is 26.8 Å². The standard InChI is InChI=1S/C15H16ClNO2/c1-2-18-14-8-3-4-9-15(14)19-10-11-12(16)6-5-7-13(11)17/h3-9H,2,10,17H2,1H3. The van der Waals surface area contributed by atoms with Gasteiger partial charge >= 0.3 is 0 Å². The van der Waals surface area contributed by atoms with E-state index in [0.717, 1.165) is 11.3 Å². The van der Waals surface area contributed by atoms with Crippen molar-refractivity contribution in [2.24, 2.45) is 0 Å². The summed E-state index contributed by atoms with van der Waals surface area (Å²) in [6.45, 7) is 2.84. The highest BCUT2D eigenvalue weighted by Gasteiger charge is 2.08. The Morgan fingerprint density at radius 2 is 1.68 bits per heavy atom. The van der Waals surface area contributed by atoms with Gasteiger partial charge in [-0.1, -0.05) is 29.8 Å². The first-order valence-corrected chi connectivity index (χ1v) is 6.47. The molecule has 0 aliphatic carbocycles. The molecule has 0 heterocycles. The van der Waals surface area contributed by atoms with Gasteiger partial charge in [0.1, 0.15) is 6.61 Å². The summed E-state index contributed by atoms with van der Waals surface area (Å²) in [6.07, 6.45) is 0. The van der Waals surface area contributed by atoms with Gasteiger partial charge in [-0.15, -0.1) is 0 Å². The third-order valence-corrected chi connectivity index (χ3v) is 3.03. The predicted molar refractivity (Wildman–Crippen MR) is 77.8 cm³/mol. The first kappa shape index (κ1) is 13.6. The zero-order valence-corrected chi connectivity index (χ0v) is 11.5. The number of ether oxygens (including phenoxy) is 2. The van der Waals surface area contributed by atoms with Gasteiger partial charge in [0, 0.05) is 16.3 Å². The highest BCUT2D eigenvalue weighted by molar-refractivity contribution is 6.31. The number of halogens is 1. The number of anilines is 1. The van der Waals surface area contributed by atoms with Crippen LogP contribution in [0.5, 0.6) is 11.5 Å². The quantitative estimate of drug-likeness (QED) is 0.843. The summed E-state index contributed by atoms with van der Waals surface area (Å²) in [5.41, 5.74) is 7.30. The van der Waals surface area contributed by atoms with E-state index in [-0.39, 0.29) is 0 Å². The molecule has 0 spiro atoms. The summed E-state index contributed by atoms with van der Waals surface area (Å²) in [4.78, 5) is 0. The molecule has 19 heavy (non-hydrogen) atoms. The van der Waals surface area contributed by atoms with E-state index in [1.165, 1.54) is 0 Å². The van der Waals surface area contributed by atoms with Gasteiger partial charge in [0.15, 0.2) is 11.5 Å². The average molecular weight is 278 g/mol. The normalized spacial score (nSPS) is 10.2. The number of nitrogens with two attached hydrogens (primary N) is 1. The molecule has 2 N–H and O–H groups in total. The third-order valence-electron chi connectivity index (χ3n) is 2.68.